The monoisotopic (exact) mass is 313 g/mol. The molecular formula is C19H23NO3. The second-order valence-corrected chi connectivity index (χ2v) is 7.29. The zero-order chi connectivity index (χ0) is 16.8. The summed E-state index contributed by atoms with van der Waals surface area (Å²) in [5.41, 5.74) is 1.66. The van der Waals surface area contributed by atoms with Crippen LogP contribution in [0.5, 0.6) is 0 Å². The van der Waals surface area contributed by atoms with E-state index in [1.54, 1.807) is 11.0 Å². The molecule has 0 bridgehead atoms. The highest BCUT2D eigenvalue weighted by molar-refractivity contribution is 6.05. The normalized spacial score (nSPS) is 23.4. The second kappa shape index (κ2) is 5.52. The lowest BCUT2D eigenvalue weighted by Crippen LogP contribution is -2.35. The van der Waals surface area contributed by atoms with Crippen LogP contribution >= 0.6 is 0 Å². The Bertz CT molecular complexity index is 702. The van der Waals surface area contributed by atoms with Crippen molar-refractivity contribution in [1.82, 2.24) is 4.90 Å². The molecule has 1 amide bonds. The molecule has 0 spiro atoms. The third-order valence-corrected chi connectivity index (χ3v) is 4.69. The second-order valence-electron chi connectivity index (χ2n) is 7.29. The van der Waals surface area contributed by atoms with Crippen LogP contribution in [0.1, 0.15) is 62.0 Å². The van der Waals surface area contributed by atoms with Crippen LogP contribution in [0.3, 0.4) is 0 Å². The predicted molar refractivity (Wildman–Crippen MR) is 88.2 cm³/mol. The van der Waals surface area contributed by atoms with Gasteiger partial charge in [-0.25, -0.2) is 0 Å². The highest BCUT2D eigenvalue weighted by Gasteiger charge is 2.44. The van der Waals surface area contributed by atoms with E-state index in [4.69, 9.17) is 0 Å². The lowest BCUT2D eigenvalue weighted by Gasteiger charge is -2.34. The Balaban J connectivity index is 2.13. The van der Waals surface area contributed by atoms with Gasteiger partial charge < -0.3 is 10.0 Å². The molecule has 3 rings (SSSR count). The van der Waals surface area contributed by atoms with Crippen molar-refractivity contribution in [3.05, 3.63) is 46.7 Å². The van der Waals surface area contributed by atoms with Gasteiger partial charge in [-0.2, -0.15) is 0 Å². The summed E-state index contributed by atoms with van der Waals surface area (Å²) in [6, 6.07) is 6.96. The Labute approximate surface area is 136 Å². The predicted octanol–water partition coefficient (Wildman–Crippen LogP) is 3.79. The third-order valence-electron chi connectivity index (χ3n) is 4.69. The Hall–Kier alpha value is -2.10. The molecule has 1 atom stereocenters. The number of fused-ring (bicyclic) bond motifs is 1. The molecule has 0 saturated carbocycles. The third kappa shape index (κ3) is 2.56. The maximum absolute atomic E-state index is 12.7. The number of carbonyl (C=O) groups excluding carboxylic acids is 2. The van der Waals surface area contributed by atoms with E-state index >= 15 is 0 Å². The molecule has 1 aromatic carbocycles. The zero-order valence-electron chi connectivity index (χ0n) is 13.9. The molecule has 4 nitrogen and oxygen atoms in total. The first-order chi connectivity index (χ1) is 10.9. The van der Waals surface area contributed by atoms with Crippen LogP contribution in [-0.4, -0.2) is 28.2 Å². The van der Waals surface area contributed by atoms with Gasteiger partial charge in [-0.05, 0) is 23.5 Å². The lowest BCUT2D eigenvalue weighted by atomic mass is 9.74. The van der Waals surface area contributed by atoms with Crippen molar-refractivity contribution in [2.75, 3.05) is 6.54 Å². The van der Waals surface area contributed by atoms with Crippen molar-refractivity contribution >= 4 is 11.7 Å². The van der Waals surface area contributed by atoms with Crippen molar-refractivity contribution in [3.8, 4) is 0 Å². The molecule has 1 aliphatic carbocycles. The number of aliphatic hydroxyl groups is 1. The Morgan fingerprint density at radius 2 is 1.91 bits per heavy atom. The van der Waals surface area contributed by atoms with E-state index in [1.165, 1.54) is 0 Å². The number of rotatable bonds is 3. The number of nitrogens with zero attached hydrogens (tertiary/aromatic N) is 1. The van der Waals surface area contributed by atoms with Crippen LogP contribution in [0.25, 0.3) is 0 Å². The summed E-state index contributed by atoms with van der Waals surface area (Å²) >= 11 is 0. The van der Waals surface area contributed by atoms with Crippen LogP contribution in [0, 0.1) is 5.41 Å². The van der Waals surface area contributed by atoms with Crippen LogP contribution in [-0.2, 0) is 4.79 Å². The summed E-state index contributed by atoms with van der Waals surface area (Å²) in [5.74, 6) is 0.0431. The summed E-state index contributed by atoms with van der Waals surface area (Å²) in [5, 5.41) is 10.6. The first kappa shape index (κ1) is 15.8. The molecule has 1 N–H and O–H groups in total. The molecule has 1 heterocycles. The number of Topliss-reactive ketones (excluding diaryl/α,β-unsaturated/α-hetero) is 1. The maximum atomic E-state index is 12.7. The molecule has 2 aliphatic rings. The number of ketones is 1. The molecule has 1 aliphatic heterocycles. The molecule has 1 aromatic rings. The van der Waals surface area contributed by atoms with Crippen molar-refractivity contribution in [3.63, 3.8) is 0 Å². The fourth-order valence-electron chi connectivity index (χ4n) is 3.77. The Morgan fingerprint density at radius 3 is 2.57 bits per heavy atom. The molecule has 0 radical (unpaired) electrons. The molecule has 0 aromatic heterocycles. The molecule has 23 heavy (non-hydrogen) atoms. The number of allylic oxidation sites excluding steroid dienone is 1. The van der Waals surface area contributed by atoms with Gasteiger partial charge in [0.25, 0.3) is 5.91 Å². The van der Waals surface area contributed by atoms with Crippen molar-refractivity contribution < 1.29 is 14.7 Å². The molecule has 4 heteroatoms. The minimum absolute atomic E-state index is 0.0469. The van der Waals surface area contributed by atoms with Gasteiger partial charge in [-0.3, -0.25) is 9.59 Å². The number of carbonyl (C=O) groups is 2. The topological polar surface area (TPSA) is 57.6 Å². The molecule has 122 valence electrons. The van der Waals surface area contributed by atoms with Crippen LogP contribution < -0.4 is 0 Å². The number of aliphatic hydroxyl groups excluding tert-OH is 1. The standard InChI is InChI=1S/C19H23NO3/c1-4-9-20-17(12-7-5-6-8-13(12)18(20)23)16-14(21)10-19(2,3)11-15(16)22/h5-8,17,21H,4,9-11H2,1-3H3. The fourth-order valence-corrected chi connectivity index (χ4v) is 3.77. The number of benzene rings is 1. The van der Waals surface area contributed by atoms with E-state index in [-0.39, 0.29) is 22.9 Å². The summed E-state index contributed by atoms with van der Waals surface area (Å²) in [7, 11) is 0. The van der Waals surface area contributed by atoms with Gasteiger partial charge in [0, 0.05) is 24.9 Å². The smallest absolute Gasteiger partial charge is 0.255 e. The molecule has 0 saturated heterocycles. The first-order valence-corrected chi connectivity index (χ1v) is 8.21. The van der Waals surface area contributed by atoms with Gasteiger partial charge in [0.05, 0.1) is 11.6 Å². The first-order valence-electron chi connectivity index (χ1n) is 8.21. The Morgan fingerprint density at radius 1 is 1.22 bits per heavy atom. The number of hydrogen-bond acceptors (Lipinski definition) is 3. The number of hydrogen-bond donors (Lipinski definition) is 1. The van der Waals surface area contributed by atoms with Crippen molar-refractivity contribution in [1.29, 1.82) is 0 Å². The number of amides is 1. The fraction of sp³-hybridized carbons (Fsp3) is 0.474. The largest absolute Gasteiger partial charge is 0.512 e. The van der Waals surface area contributed by atoms with Gasteiger partial charge >= 0.3 is 0 Å². The van der Waals surface area contributed by atoms with Crippen LogP contribution in [0.4, 0.5) is 0 Å². The van der Waals surface area contributed by atoms with E-state index in [1.807, 2.05) is 39.0 Å². The van der Waals surface area contributed by atoms with E-state index in [2.05, 4.69) is 0 Å². The van der Waals surface area contributed by atoms with E-state index in [0.717, 1.165) is 12.0 Å². The van der Waals surface area contributed by atoms with Gasteiger partial charge in [0.15, 0.2) is 5.78 Å². The summed E-state index contributed by atoms with van der Waals surface area (Å²) in [4.78, 5) is 27.1. The van der Waals surface area contributed by atoms with Gasteiger partial charge in [0.1, 0.15) is 5.76 Å². The molecular weight excluding hydrogens is 290 g/mol. The highest BCUT2D eigenvalue weighted by Crippen LogP contribution is 2.45. The van der Waals surface area contributed by atoms with Crippen LogP contribution in [0.15, 0.2) is 35.6 Å². The van der Waals surface area contributed by atoms with Crippen molar-refractivity contribution in [2.24, 2.45) is 5.41 Å². The lowest BCUT2D eigenvalue weighted by molar-refractivity contribution is -0.119. The average Bonchev–Trinajstić information content (AvgIpc) is 2.72. The maximum Gasteiger partial charge on any atom is 0.255 e. The molecule has 1 unspecified atom stereocenters. The Kier molecular flexibility index (Phi) is 3.78. The van der Waals surface area contributed by atoms with E-state index in [9.17, 15) is 14.7 Å². The SMILES string of the molecule is CCCN1C(=O)c2ccccc2C1C1=C(O)CC(C)(C)CC1=O. The minimum atomic E-state index is -0.442. The summed E-state index contributed by atoms with van der Waals surface area (Å²) < 4.78 is 0. The van der Waals surface area contributed by atoms with E-state index < -0.39 is 6.04 Å². The highest BCUT2D eigenvalue weighted by atomic mass is 16.3. The van der Waals surface area contributed by atoms with E-state index in [0.29, 0.717) is 30.5 Å². The van der Waals surface area contributed by atoms with Gasteiger partial charge in [0.2, 0.25) is 0 Å². The quantitative estimate of drug-likeness (QED) is 0.923. The van der Waals surface area contributed by atoms with Crippen LogP contribution in [0.2, 0.25) is 0 Å². The van der Waals surface area contributed by atoms with Crippen molar-refractivity contribution in [2.45, 2.75) is 46.1 Å². The summed E-state index contributed by atoms with van der Waals surface area (Å²) in [6.45, 7) is 6.55. The summed E-state index contributed by atoms with van der Waals surface area (Å²) in [6.07, 6.45) is 1.68. The molecule has 0 fully saturated rings. The minimum Gasteiger partial charge on any atom is -0.512 e. The average molecular weight is 313 g/mol. The zero-order valence-corrected chi connectivity index (χ0v) is 13.9. The van der Waals surface area contributed by atoms with Gasteiger partial charge in [-0.1, -0.05) is 39.0 Å². The van der Waals surface area contributed by atoms with Gasteiger partial charge in [-0.15, -0.1) is 0 Å².